The Balaban J connectivity index is 1.56. The van der Waals surface area contributed by atoms with Crippen LogP contribution in [0, 0.1) is 0 Å². The third kappa shape index (κ3) is 5.43. The summed E-state index contributed by atoms with van der Waals surface area (Å²) in [5, 5.41) is 6.84. The van der Waals surface area contributed by atoms with Gasteiger partial charge in [-0.2, -0.15) is 0 Å². The number of aromatic nitrogens is 1. The van der Waals surface area contributed by atoms with Crippen LogP contribution in [0.3, 0.4) is 0 Å². The van der Waals surface area contributed by atoms with Crippen LogP contribution < -0.4 is 15.5 Å². The third-order valence-corrected chi connectivity index (χ3v) is 6.07. The van der Waals surface area contributed by atoms with Gasteiger partial charge in [-0.05, 0) is 31.7 Å². The van der Waals surface area contributed by atoms with Gasteiger partial charge in [0, 0.05) is 61.3 Å². The van der Waals surface area contributed by atoms with E-state index in [1.54, 1.807) is 0 Å². The first kappa shape index (κ1) is 19.6. The maximum absolute atomic E-state index is 4.65. The highest BCUT2D eigenvalue weighted by Crippen LogP contribution is 2.19. The topological polar surface area (TPSA) is 55.8 Å². The van der Waals surface area contributed by atoms with Gasteiger partial charge in [0.2, 0.25) is 0 Å². The number of anilines is 1. The average Bonchev–Trinajstić information content (AvgIpc) is 3.17. The van der Waals surface area contributed by atoms with Crippen molar-refractivity contribution >= 4 is 23.1 Å². The van der Waals surface area contributed by atoms with Gasteiger partial charge in [-0.15, -0.1) is 11.3 Å². The van der Waals surface area contributed by atoms with E-state index in [0.29, 0.717) is 6.54 Å². The van der Waals surface area contributed by atoms with Crippen LogP contribution in [0.4, 0.5) is 5.82 Å². The van der Waals surface area contributed by atoms with Gasteiger partial charge < -0.3 is 20.4 Å². The summed E-state index contributed by atoms with van der Waals surface area (Å²) in [5.41, 5.74) is 1.20. The Morgan fingerprint density at radius 1 is 1.11 bits per heavy atom. The van der Waals surface area contributed by atoms with Crippen LogP contribution in [0.25, 0.3) is 0 Å². The molecule has 2 aromatic rings. The van der Waals surface area contributed by atoms with Gasteiger partial charge in [0.15, 0.2) is 5.96 Å². The van der Waals surface area contributed by atoms with E-state index in [1.807, 2.05) is 30.6 Å². The molecule has 1 aliphatic rings. The molecule has 7 heteroatoms. The molecule has 0 aliphatic carbocycles. The molecular formula is C20H30N6S. The molecule has 3 heterocycles. The third-order valence-electron chi connectivity index (χ3n) is 4.84. The second-order valence-corrected chi connectivity index (χ2v) is 8.03. The minimum atomic E-state index is 0.708. The standard InChI is InChI=1S/C20H30N6S/c1-4-17-7-8-18(27-17)15-24-20(21-2)23-14-16-6-5-9-22-19(16)26-12-10-25(3)11-13-26/h5-9H,4,10-15H2,1-3H3,(H2,21,23,24). The number of hydrogen-bond acceptors (Lipinski definition) is 5. The van der Waals surface area contributed by atoms with Gasteiger partial charge in [-0.25, -0.2) is 4.98 Å². The molecule has 0 saturated carbocycles. The van der Waals surface area contributed by atoms with E-state index < -0.39 is 0 Å². The van der Waals surface area contributed by atoms with Crippen LogP contribution in [0.2, 0.25) is 0 Å². The largest absolute Gasteiger partial charge is 0.354 e. The van der Waals surface area contributed by atoms with Crippen molar-refractivity contribution in [3.63, 3.8) is 0 Å². The highest BCUT2D eigenvalue weighted by atomic mass is 32.1. The summed E-state index contributed by atoms with van der Waals surface area (Å²) in [6.45, 7) is 7.88. The lowest BCUT2D eigenvalue weighted by Crippen LogP contribution is -2.45. The first-order chi connectivity index (χ1) is 13.2. The molecule has 0 radical (unpaired) electrons. The number of likely N-dealkylation sites (N-methyl/N-ethyl adjacent to an activating group) is 1. The number of rotatable bonds is 6. The van der Waals surface area contributed by atoms with Gasteiger partial charge in [-0.1, -0.05) is 13.0 Å². The molecule has 1 aliphatic heterocycles. The molecule has 2 N–H and O–H groups in total. The lowest BCUT2D eigenvalue weighted by Gasteiger charge is -2.34. The van der Waals surface area contributed by atoms with Gasteiger partial charge in [0.05, 0.1) is 6.54 Å². The number of aliphatic imine (C=N–C) groups is 1. The number of nitrogens with one attached hydrogen (secondary N) is 2. The molecule has 6 nitrogen and oxygen atoms in total. The Hall–Kier alpha value is -2.12. The number of piperazine rings is 1. The van der Waals surface area contributed by atoms with E-state index in [0.717, 1.165) is 50.9 Å². The summed E-state index contributed by atoms with van der Waals surface area (Å²) in [6.07, 6.45) is 2.97. The molecule has 2 aromatic heterocycles. The highest BCUT2D eigenvalue weighted by Gasteiger charge is 2.18. The van der Waals surface area contributed by atoms with E-state index in [9.17, 15) is 0 Å². The second kappa shape index (κ2) is 9.71. The smallest absolute Gasteiger partial charge is 0.191 e. The highest BCUT2D eigenvalue weighted by molar-refractivity contribution is 7.11. The Bertz CT molecular complexity index is 748. The summed E-state index contributed by atoms with van der Waals surface area (Å²) < 4.78 is 0. The summed E-state index contributed by atoms with van der Waals surface area (Å²) in [4.78, 5) is 16.5. The minimum Gasteiger partial charge on any atom is -0.354 e. The lowest BCUT2D eigenvalue weighted by atomic mass is 10.2. The molecule has 0 bridgehead atoms. The van der Waals surface area contributed by atoms with Crippen molar-refractivity contribution < 1.29 is 0 Å². The predicted octanol–water partition coefficient (Wildman–Crippen LogP) is 2.32. The first-order valence-electron chi connectivity index (χ1n) is 9.59. The molecule has 1 saturated heterocycles. The van der Waals surface area contributed by atoms with Gasteiger partial charge >= 0.3 is 0 Å². The second-order valence-electron chi connectivity index (χ2n) is 6.78. The summed E-state index contributed by atoms with van der Waals surface area (Å²) in [5.74, 6) is 1.90. The molecule has 27 heavy (non-hydrogen) atoms. The van der Waals surface area contributed by atoms with Crippen molar-refractivity contribution in [2.45, 2.75) is 26.4 Å². The average molecular weight is 387 g/mol. The van der Waals surface area contributed by atoms with Gasteiger partial charge in [0.1, 0.15) is 5.82 Å². The monoisotopic (exact) mass is 386 g/mol. The van der Waals surface area contributed by atoms with Crippen LogP contribution in [0.1, 0.15) is 22.2 Å². The van der Waals surface area contributed by atoms with E-state index in [2.05, 4.69) is 62.6 Å². The van der Waals surface area contributed by atoms with Crippen LogP contribution in [-0.2, 0) is 19.5 Å². The summed E-state index contributed by atoms with van der Waals surface area (Å²) in [7, 11) is 3.98. The molecule has 0 amide bonds. The van der Waals surface area contributed by atoms with Crippen LogP contribution in [0.15, 0.2) is 35.5 Å². The fraction of sp³-hybridized carbons (Fsp3) is 0.500. The Labute approximate surface area is 166 Å². The molecule has 0 aromatic carbocycles. The lowest BCUT2D eigenvalue weighted by molar-refractivity contribution is 0.312. The molecular weight excluding hydrogens is 356 g/mol. The number of nitrogens with zero attached hydrogens (tertiary/aromatic N) is 4. The minimum absolute atomic E-state index is 0.708. The Kier molecular flexibility index (Phi) is 7.06. The van der Waals surface area contributed by atoms with Crippen LogP contribution >= 0.6 is 11.3 Å². The SMILES string of the molecule is CCc1ccc(CNC(=NC)NCc2cccnc2N2CCN(C)CC2)s1. The van der Waals surface area contributed by atoms with Crippen molar-refractivity contribution in [2.75, 3.05) is 45.2 Å². The van der Waals surface area contributed by atoms with Gasteiger partial charge in [0.25, 0.3) is 0 Å². The van der Waals surface area contributed by atoms with E-state index in [4.69, 9.17) is 0 Å². The van der Waals surface area contributed by atoms with Crippen molar-refractivity contribution in [1.82, 2.24) is 20.5 Å². The van der Waals surface area contributed by atoms with E-state index in [1.165, 1.54) is 15.3 Å². The van der Waals surface area contributed by atoms with E-state index >= 15 is 0 Å². The maximum Gasteiger partial charge on any atom is 0.191 e. The predicted molar refractivity (Wildman–Crippen MR) is 115 cm³/mol. The first-order valence-corrected chi connectivity index (χ1v) is 10.4. The van der Waals surface area contributed by atoms with Crippen molar-refractivity contribution in [3.8, 4) is 0 Å². The fourth-order valence-corrected chi connectivity index (χ4v) is 4.05. The molecule has 0 unspecified atom stereocenters. The maximum atomic E-state index is 4.65. The summed E-state index contributed by atoms with van der Waals surface area (Å²) in [6, 6.07) is 8.55. The zero-order valence-corrected chi connectivity index (χ0v) is 17.4. The van der Waals surface area contributed by atoms with E-state index in [-0.39, 0.29) is 0 Å². The van der Waals surface area contributed by atoms with Crippen molar-refractivity contribution in [1.29, 1.82) is 0 Å². The van der Waals surface area contributed by atoms with Gasteiger partial charge in [-0.3, -0.25) is 4.99 Å². The van der Waals surface area contributed by atoms with Crippen molar-refractivity contribution in [2.24, 2.45) is 4.99 Å². The number of thiophene rings is 1. The number of guanidine groups is 1. The van der Waals surface area contributed by atoms with Crippen LogP contribution in [0.5, 0.6) is 0 Å². The van der Waals surface area contributed by atoms with Crippen LogP contribution in [-0.4, -0.2) is 56.1 Å². The zero-order chi connectivity index (χ0) is 19.1. The molecule has 1 fully saturated rings. The quantitative estimate of drug-likeness (QED) is 0.589. The number of aryl methyl sites for hydroxylation is 1. The zero-order valence-electron chi connectivity index (χ0n) is 16.5. The summed E-state index contributed by atoms with van der Waals surface area (Å²) >= 11 is 1.86. The Morgan fingerprint density at radius 3 is 2.56 bits per heavy atom. The molecule has 146 valence electrons. The molecule has 3 rings (SSSR count). The van der Waals surface area contributed by atoms with Crippen molar-refractivity contribution in [3.05, 3.63) is 45.8 Å². The number of hydrogen-bond donors (Lipinski definition) is 2. The molecule has 0 spiro atoms. The normalized spacial score (nSPS) is 15.8. The number of pyridine rings is 1. The molecule has 0 atom stereocenters. The fourth-order valence-electron chi connectivity index (χ4n) is 3.15. The Morgan fingerprint density at radius 2 is 1.85 bits per heavy atom.